The molecule has 29 heavy (non-hydrogen) atoms. The third-order valence-electron chi connectivity index (χ3n) is 4.04. The first-order valence-corrected chi connectivity index (χ1v) is 8.66. The molecule has 2 N–H and O–H groups in total. The van der Waals surface area contributed by atoms with Crippen LogP contribution in [0.3, 0.4) is 0 Å². The van der Waals surface area contributed by atoms with Crippen molar-refractivity contribution in [2.24, 2.45) is 4.99 Å². The summed E-state index contributed by atoms with van der Waals surface area (Å²) in [4.78, 5) is 4.16. The molecule has 0 aliphatic heterocycles. The fourth-order valence-electron chi connectivity index (χ4n) is 2.63. The van der Waals surface area contributed by atoms with Crippen LogP contribution in [0.25, 0.3) is 0 Å². The summed E-state index contributed by atoms with van der Waals surface area (Å²) in [6.07, 6.45) is 0. The Morgan fingerprint density at radius 1 is 0.966 bits per heavy atom. The number of hydrogen-bond donors (Lipinski definition) is 2. The van der Waals surface area contributed by atoms with Gasteiger partial charge in [-0.3, -0.25) is 4.99 Å². The average Bonchev–Trinajstić information content (AvgIpc) is 2.69. The van der Waals surface area contributed by atoms with Crippen molar-refractivity contribution in [1.29, 1.82) is 0 Å². The van der Waals surface area contributed by atoms with Crippen molar-refractivity contribution >= 4 is 29.9 Å². The number of hydrogen-bond acceptors (Lipinski definition) is 4. The fourth-order valence-corrected chi connectivity index (χ4v) is 2.63. The van der Waals surface area contributed by atoms with E-state index in [1.807, 2.05) is 19.1 Å². The Labute approximate surface area is 186 Å². The van der Waals surface area contributed by atoms with Gasteiger partial charge in [0.1, 0.15) is 17.2 Å². The maximum atomic E-state index is 12.6. The Hall–Kier alpha value is -2.30. The van der Waals surface area contributed by atoms with Gasteiger partial charge in [0.05, 0.1) is 14.2 Å². The van der Waals surface area contributed by atoms with Crippen molar-refractivity contribution in [2.45, 2.75) is 26.6 Å². The molecule has 0 saturated carbocycles. The molecule has 2 aromatic rings. The maximum absolute atomic E-state index is 12.6. The molecule has 0 spiro atoms. The molecular weight excluding hydrogens is 495 g/mol. The first kappa shape index (κ1) is 24.7. The second-order valence-electron chi connectivity index (χ2n) is 5.95. The molecule has 0 aliphatic rings. The summed E-state index contributed by atoms with van der Waals surface area (Å²) in [5.74, 6) is 2.05. The van der Waals surface area contributed by atoms with E-state index in [9.17, 15) is 8.78 Å². The van der Waals surface area contributed by atoms with Gasteiger partial charge in [-0.1, -0.05) is 17.7 Å². The molecule has 0 bridgehead atoms. The zero-order valence-corrected chi connectivity index (χ0v) is 19.1. The van der Waals surface area contributed by atoms with Gasteiger partial charge in [-0.15, -0.1) is 24.0 Å². The molecule has 0 atom stereocenters. The van der Waals surface area contributed by atoms with Crippen molar-refractivity contribution < 1.29 is 23.0 Å². The van der Waals surface area contributed by atoms with Gasteiger partial charge < -0.3 is 24.8 Å². The van der Waals surface area contributed by atoms with Gasteiger partial charge in [-0.2, -0.15) is 8.78 Å². The number of halogens is 3. The molecule has 2 aromatic carbocycles. The van der Waals surface area contributed by atoms with E-state index < -0.39 is 6.61 Å². The van der Waals surface area contributed by atoms with E-state index in [-0.39, 0.29) is 36.3 Å². The van der Waals surface area contributed by atoms with Crippen LogP contribution in [0.15, 0.2) is 41.4 Å². The fraction of sp³-hybridized carbons (Fsp3) is 0.350. The van der Waals surface area contributed by atoms with Crippen LogP contribution in [0, 0.1) is 6.92 Å². The second kappa shape index (κ2) is 12.3. The smallest absolute Gasteiger partial charge is 0.387 e. The highest BCUT2D eigenvalue weighted by Gasteiger charge is 2.11. The SMILES string of the molecule is CN=C(NCc1ccc(OC)cc1OC)NCc1cc(C)ccc1OC(F)F.I. The Kier molecular flexibility index (Phi) is 10.5. The number of methoxy groups -OCH3 is 2. The predicted molar refractivity (Wildman–Crippen MR) is 120 cm³/mol. The van der Waals surface area contributed by atoms with Crippen molar-refractivity contribution in [3.8, 4) is 17.2 Å². The number of ether oxygens (including phenoxy) is 3. The van der Waals surface area contributed by atoms with Crippen molar-refractivity contribution in [1.82, 2.24) is 10.6 Å². The van der Waals surface area contributed by atoms with Crippen LogP contribution >= 0.6 is 24.0 Å². The maximum Gasteiger partial charge on any atom is 0.387 e. The summed E-state index contributed by atoms with van der Waals surface area (Å²) in [6.45, 7) is -0.246. The van der Waals surface area contributed by atoms with Gasteiger partial charge in [0.25, 0.3) is 0 Å². The summed E-state index contributed by atoms with van der Waals surface area (Å²) >= 11 is 0. The molecule has 0 radical (unpaired) electrons. The molecule has 0 aliphatic carbocycles. The highest BCUT2D eigenvalue weighted by Crippen LogP contribution is 2.24. The van der Waals surface area contributed by atoms with Crippen LogP contribution in [0.2, 0.25) is 0 Å². The Balaban J connectivity index is 0.00000420. The molecule has 6 nitrogen and oxygen atoms in total. The van der Waals surface area contributed by atoms with Crippen LogP contribution in [-0.4, -0.2) is 33.8 Å². The lowest BCUT2D eigenvalue weighted by Gasteiger charge is -2.16. The zero-order chi connectivity index (χ0) is 20.5. The second-order valence-corrected chi connectivity index (χ2v) is 5.95. The highest BCUT2D eigenvalue weighted by molar-refractivity contribution is 14.0. The van der Waals surface area contributed by atoms with E-state index in [4.69, 9.17) is 9.47 Å². The molecule has 0 unspecified atom stereocenters. The molecule has 160 valence electrons. The van der Waals surface area contributed by atoms with Gasteiger partial charge in [-0.05, 0) is 25.1 Å². The first-order valence-electron chi connectivity index (χ1n) is 8.66. The van der Waals surface area contributed by atoms with E-state index in [1.54, 1.807) is 39.5 Å². The lowest BCUT2D eigenvalue weighted by atomic mass is 10.1. The molecular formula is C20H26F2IN3O3. The van der Waals surface area contributed by atoms with Crippen LogP contribution in [0.1, 0.15) is 16.7 Å². The normalized spacial score (nSPS) is 10.9. The van der Waals surface area contributed by atoms with Crippen LogP contribution < -0.4 is 24.8 Å². The first-order chi connectivity index (χ1) is 13.5. The van der Waals surface area contributed by atoms with E-state index >= 15 is 0 Å². The van der Waals surface area contributed by atoms with Crippen molar-refractivity contribution in [3.63, 3.8) is 0 Å². The van der Waals surface area contributed by atoms with E-state index in [1.165, 1.54) is 6.07 Å². The van der Waals surface area contributed by atoms with Crippen LogP contribution in [0.5, 0.6) is 17.2 Å². The van der Waals surface area contributed by atoms with Gasteiger partial charge in [0, 0.05) is 37.3 Å². The number of aliphatic imine (C=N–C) groups is 1. The van der Waals surface area contributed by atoms with E-state index in [0.717, 1.165) is 11.1 Å². The molecule has 0 fully saturated rings. The average molecular weight is 521 g/mol. The molecule has 0 amide bonds. The summed E-state index contributed by atoms with van der Waals surface area (Å²) in [5.41, 5.74) is 2.48. The number of nitrogens with zero attached hydrogens (tertiary/aromatic N) is 1. The zero-order valence-electron chi connectivity index (χ0n) is 16.8. The van der Waals surface area contributed by atoms with Gasteiger partial charge in [0.15, 0.2) is 5.96 Å². The van der Waals surface area contributed by atoms with Gasteiger partial charge >= 0.3 is 6.61 Å². The summed E-state index contributed by atoms with van der Waals surface area (Å²) < 4.78 is 40.4. The number of rotatable bonds is 8. The third-order valence-corrected chi connectivity index (χ3v) is 4.04. The third kappa shape index (κ3) is 7.56. The topological polar surface area (TPSA) is 64.1 Å². The van der Waals surface area contributed by atoms with E-state index in [2.05, 4.69) is 20.4 Å². The Bertz CT molecular complexity index is 820. The molecule has 2 rings (SSSR count). The number of guanidine groups is 1. The Morgan fingerprint density at radius 2 is 1.66 bits per heavy atom. The molecule has 0 aromatic heterocycles. The number of benzene rings is 2. The highest BCUT2D eigenvalue weighted by atomic mass is 127. The number of alkyl halides is 2. The predicted octanol–water partition coefficient (Wildman–Crippen LogP) is 4.10. The lowest BCUT2D eigenvalue weighted by molar-refractivity contribution is -0.0504. The van der Waals surface area contributed by atoms with Gasteiger partial charge in [-0.25, -0.2) is 0 Å². The standard InChI is InChI=1S/C20H25F2N3O3.HI/c1-13-5-8-17(28-19(21)22)15(9-13)12-25-20(23-2)24-11-14-6-7-16(26-3)10-18(14)27-4;/h5-10,19H,11-12H2,1-4H3,(H2,23,24,25);1H. The van der Waals surface area contributed by atoms with E-state index in [0.29, 0.717) is 29.6 Å². The Morgan fingerprint density at radius 3 is 2.24 bits per heavy atom. The molecule has 9 heteroatoms. The molecule has 0 saturated heterocycles. The molecule has 0 heterocycles. The minimum atomic E-state index is -2.87. The minimum absolute atomic E-state index is 0. The lowest BCUT2D eigenvalue weighted by Crippen LogP contribution is -2.36. The largest absolute Gasteiger partial charge is 0.497 e. The van der Waals surface area contributed by atoms with Crippen molar-refractivity contribution in [3.05, 3.63) is 53.1 Å². The summed E-state index contributed by atoms with van der Waals surface area (Å²) in [6, 6.07) is 10.6. The number of nitrogens with one attached hydrogen (secondary N) is 2. The summed E-state index contributed by atoms with van der Waals surface area (Å²) in [7, 11) is 4.82. The van der Waals surface area contributed by atoms with Crippen LogP contribution in [-0.2, 0) is 13.1 Å². The number of aryl methyl sites for hydroxylation is 1. The van der Waals surface area contributed by atoms with Gasteiger partial charge in [0.2, 0.25) is 0 Å². The quantitative estimate of drug-likeness (QED) is 0.311. The summed E-state index contributed by atoms with van der Waals surface area (Å²) in [5, 5.41) is 6.28. The van der Waals surface area contributed by atoms with Crippen molar-refractivity contribution in [2.75, 3.05) is 21.3 Å². The van der Waals surface area contributed by atoms with Crippen LogP contribution in [0.4, 0.5) is 8.78 Å². The minimum Gasteiger partial charge on any atom is -0.497 e. The monoisotopic (exact) mass is 521 g/mol.